The number of fused-ring (bicyclic) bond motifs is 1. The van der Waals surface area contributed by atoms with Crippen LogP contribution in [0, 0.1) is 17.0 Å². The summed E-state index contributed by atoms with van der Waals surface area (Å²) in [5, 5.41) is 15.7. The zero-order valence-electron chi connectivity index (χ0n) is 21.6. The molecule has 0 radical (unpaired) electrons. The Morgan fingerprint density at radius 2 is 1.80 bits per heavy atom. The van der Waals surface area contributed by atoms with Gasteiger partial charge in [0.05, 0.1) is 22.0 Å². The standard InChI is InChI=1S/C31H21BrN4O5/c1-20-5-4-6-22(17-20)30-34-27-8-3-2-7-26(27)31(38)35(30)33-19-23-18-24(32)12-15-28(23)41-29(37)16-11-21-9-13-25(14-10-21)36(39)40/h2-19H,1H3/b16-11+,33-19?. The van der Waals surface area contributed by atoms with Crippen molar-refractivity contribution in [1.82, 2.24) is 9.66 Å². The lowest BCUT2D eigenvalue weighted by Crippen LogP contribution is -2.20. The molecule has 0 aliphatic heterocycles. The molecule has 5 aromatic rings. The van der Waals surface area contributed by atoms with Crippen molar-refractivity contribution >= 4 is 50.8 Å². The Kier molecular flexibility index (Phi) is 7.93. The molecule has 0 amide bonds. The number of benzene rings is 4. The number of ether oxygens (including phenoxy) is 1. The topological polar surface area (TPSA) is 117 Å². The van der Waals surface area contributed by atoms with Gasteiger partial charge >= 0.3 is 5.97 Å². The molecule has 0 aliphatic carbocycles. The predicted octanol–water partition coefficient (Wildman–Crippen LogP) is 6.54. The Hall–Kier alpha value is -5.22. The highest BCUT2D eigenvalue weighted by Crippen LogP contribution is 2.24. The van der Waals surface area contributed by atoms with Gasteiger partial charge in [-0.1, -0.05) is 51.8 Å². The summed E-state index contributed by atoms with van der Waals surface area (Å²) in [6, 6.07) is 25.5. The highest BCUT2D eigenvalue weighted by Gasteiger charge is 2.14. The van der Waals surface area contributed by atoms with Gasteiger partial charge in [0.25, 0.3) is 11.2 Å². The number of hydrogen-bond acceptors (Lipinski definition) is 7. The summed E-state index contributed by atoms with van der Waals surface area (Å²) in [6.45, 7) is 1.95. The maximum atomic E-state index is 13.5. The zero-order valence-corrected chi connectivity index (χ0v) is 23.2. The van der Waals surface area contributed by atoms with Crippen molar-refractivity contribution in [3.63, 3.8) is 0 Å². The van der Waals surface area contributed by atoms with Gasteiger partial charge in [0.2, 0.25) is 0 Å². The van der Waals surface area contributed by atoms with Gasteiger partial charge in [-0.05, 0) is 67.1 Å². The second-order valence-corrected chi connectivity index (χ2v) is 9.88. The normalized spacial score (nSPS) is 11.4. The van der Waals surface area contributed by atoms with E-state index in [-0.39, 0.29) is 17.0 Å². The quantitative estimate of drug-likeness (QED) is 0.0517. The minimum Gasteiger partial charge on any atom is -0.423 e. The van der Waals surface area contributed by atoms with Crippen LogP contribution in [0.25, 0.3) is 28.4 Å². The average Bonchev–Trinajstić information content (AvgIpc) is 2.97. The third-order valence-corrected chi connectivity index (χ3v) is 6.53. The van der Waals surface area contributed by atoms with E-state index in [1.54, 1.807) is 36.4 Å². The first-order valence-electron chi connectivity index (χ1n) is 12.4. The molecule has 4 aromatic carbocycles. The molecule has 0 atom stereocenters. The van der Waals surface area contributed by atoms with Crippen molar-refractivity contribution in [2.75, 3.05) is 0 Å². The summed E-state index contributed by atoms with van der Waals surface area (Å²) in [4.78, 5) is 41.2. The van der Waals surface area contributed by atoms with Gasteiger partial charge in [-0.25, -0.2) is 9.78 Å². The summed E-state index contributed by atoms with van der Waals surface area (Å²) in [5.74, 6) is -0.0762. The number of hydrogen-bond donors (Lipinski definition) is 0. The van der Waals surface area contributed by atoms with Crippen molar-refractivity contribution in [2.45, 2.75) is 6.92 Å². The van der Waals surface area contributed by atoms with Crippen LogP contribution in [-0.2, 0) is 4.79 Å². The van der Waals surface area contributed by atoms with Gasteiger partial charge in [0, 0.05) is 33.8 Å². The van der Waals surface area contributed by atoms with E-state index in [9.17, 15) is 19.7 Å². The van der Waals surface area contributed by atoms with Crippen molar-refractivity contribution < 1.29 is 14.5 Å². The minimum atomic E-state index is -0.662. The van der Waals surface area contributed by atoms with Crippen LogP contribution in [-0.4, -0.2) is 26.8 Å². The number of esters is 1. The number of halogens is 1. The van der Waals surface area contributed by atoms with E-state index in [0.29, 0.717) is 32.3 Å². The number of aryl methyl sites for hydroxylation is 1. The van der Waals surface area contributed by atoms with Crippen LogP contribution in [0.15, 0.2) is 111 Å². The Labute approximate surface area is 242 Å². The fourth-order valence-corrected chi connectivity index (χ4v) is 4.43. The van der Waals surface area contributed by atoms with E-state index in [0.717, 1.165) is 11.1 Å². The molecule has 202 valence electrons. The van der Waals surface area contributed by atoms with E-state index >= 15 is 0 Å². The molecular formula is C31H21BrN4O5. The van der Waals surface area contributed by atoms with E-state index in [4.69, 9.17) is 9.72 Å². The Morgan fingerprint density at radius 3 is 2.56 bits per heavy atom. The summed E-state index contributed by atoms with van der Waals surface area (Å²) in [5.41, 5.74) is 2.92. The summed E-state index contributed by atoms with van der Waals surface area (Å²) in [6.07, 6.45) is 4.15. The largest absolute Gasteiger partial charge is 0.423 e. The molecule has 0 N–H and O–H groups in total. The average molecular weight is 609 g/mol. The molecule has 1 heterocycles. The maximum Gasteiger partial charge on any atom is 0.336 e. The molecule has 9 nitrogen and oxygen atoms in total. The van der Waals surface area contributed by atoms with Crippen molar-refractivity contribution in [2.24, 2.45) is 5.10 Å². The molecule has 10 heteroatoms. The third-order valence-electron chi connectivity index (χ3n) is 6.04. The van der Waals surface area contributed by atoms with Crippen molar-refractivity contribution in [3.05, 3.63) is 139 Å². The van der Waals surface area contributed by atoms with Crippen LogP contribution in [0.1, 0.15) is 16.7 Å². The number of non-ortho nitro benzene ring substituents is 1. The van der Waals surface area contributed by atoms with Crippen molar-refractivity contribution in [3.8, 4) is 17.1 Å². The number of rotatable bonds is 7. The lowest BCUT2D eigenvalue weighted by molar-refractivity contribution is -0.384. The zero-order chi connectivity index (χ0) is 28.9. The van der Waals surface area contributed by atoms with Gasteiger partial charge < -0.3 is 4.74 Å². The molecule has 0 spiro atoms. The Balaban J connectivity index is 1.48. The molecule has 0 saturated heterocycles. The number of carbonyl (C=O) groups is 1. The van der Waals surface area contributed by atoms with Crippen molar-refractivity contribution in [1.29, 1.82) is 0 Å². The molecule has 41 heavy (non-hydrogen) atoms. The molecule has 0 fully saturated rings. The number of nitrogens with zero attached hydrogens (tertiary/aromatic N) is 4. The summed E-state index contributed by atoms with van der Waals surface area (Å²) >= 11 is 3.43. The fraction of sp³-hybridized carbons (Fsp3) is 0.0323. The maximum absolute atomic E-state index is 13.5. The van der Waals surface area contributed by atoms with Gasteiger partial charge in [-0.3, -0.25) is 14.9 Å². The first-order chi connectivity index (χ1) is 19.8. The van der Waals surface area contributed by atoms with E-state index in [1.165, 1.54) is 47.3 Å². The summed E-state index contributed by atoms with van der Waals surface area (Å²) in [7, 11) is 0. The first-order valence-corrected chi connectivity index (χ1v) is 13.1. The third kappa shape index (κ3) is 6.34. The van der Waals surface area contributed by atoms with Gasteiger partial charge in [0.15, 0.2) is 5.82 Å². The van der Waals surface area contributed by atoms with Gasteiger partial charge in [-0.15, -0.1) is 0 Å². The molecule has 0 bridgehead atoms. The van der Waals surface area contributed by atoms with Crippen LogP contribution in [0.2, 0.25) is 0 Å². The molecule has 1 aromatic heterocycles. The smallest absolute Gasteiger partial charge is 0.336 e. The lowest BCUT2D eigenvalue weighted by atomic mass is 10.1. The lowest BCUT2D eigenvalue weighted by Gasteiger charge is -2.11. The molecule has 0 aliphatic rings. The molecule has 0 unspecified atom stereocenters. The SMILES string of the molecule is Cc1cccc(-c2nc3ccccc3c(=O)n2N=Cc2cc(Br)ccc2OC(=O)/C=C/c2ccc([N+](=O)[O-])cc2)c1. The number of nitro groups is 1. The van der Waals surface area contributed by atoms with Crippen LogP contribution in [0.4, 0.5) is 5.69 Å². The van der Waals surface area contributed by atoms with E-state index in [2.05, 4.69) is 21.0 Å². The number of nitro benzene ring substituents is 1. The minimum absolute atomic E-state index is 0.0465. The Morgan fingerprint density at radius 1 is 1.02 bits per heavy atom. The number of para-hydroxylation sites is 1. The van der Waals surface area contributed by atoms with Crippen LogP contribution in [0.3, 0.4) is 0 Å². The van der Waals surface area contributed by atoms with E-state index in [1.807, 2.05) is 37.3 Å². The van der Waals surface area contributed by atoms with Gasteiger partial charge in [0.1, 0.15) is 5.75 Å². The molecule has 0 saturated carbocycles. The monoisotopic (exact) mass is 608 g/mol. The van der Waals surface area contributed by atoms with Crippen LogP contribution in [0.5, 0.6) is 5.75 Å². The number of aromatic nitrogens is 2. The van der Waals surface area contributed by atoms with Crippen LogP contribution < -0.4 is 10.3 Å². The molecular weight excluding hydrogens is 588 g/mol. The summed E-state index contributed by atoms with van der Waals surface area (Å²) < 4.78 is 7.50. The van der Waals surface area contributed by atoms with E-state index < -0.39 is 10.9 Å². The first kappa shape index (κ1) is 27.4. The molecule has 5 rings (SSSR count). The highest BCUT2D eigenvalue weighted by atomic mass is 79.9. The van der Waals surface area contributed by atoms with Crippen LogP contribution >= 0.6 is 15.9 Å². The second-order valence-electron chi connectivity index (χ2n) is 8.97. The Bertz CT molecular complexity index is 1910. The highest BCUT2D eigenvalue weighted by molar-refractivity contribution is 9.10. The predicted molar refractivity (Wildman–Crippen MR) is 161 cm³/mol. The van der Waals surface area contributed by atoms with Gasteiger partial charge in [-0.2, -0.15) is 9.78 Å². The fourth-order valence-electron chi connectivity index (χ4n) is 4.05. The number of carbonyl (C=O) groups excluding carboxylic acids is 1. The second kappa shape index (κ2) is 11.9.